The second-order valence-corrected chi connectivity index (χ2v) is 7.96. The van der Waals surface area contributed by atoms with E-state index in [1.807, 2.05) is 48.2 Å². The Bertz CT molecular complexity index is 994. The molecule has 0 bridgehead atoms. The Labute approximate surface area is 174 Å². The lowest BCUT2D eigenvalue weighted by Gasteiger charge is -2.26. The Kier molecular flexibility index (Phi) is 6.14. The van der Waals surface area contributed by atoms with Crippen molar-refractivity contribution in [2.45, 2.75) is 44.4 Å². The van der Waals surface area contributed by atoms with Gasteiger partial charge < -0.3 is 13.7 Å². The summed E-state index contributed by atoms with van der Waals surface area (Å²) in [5.41, 5.74) is 3.08. The van der Waals surface area contributed by atoms with Gasteiger partial charge in [-0.15, -0.1) is 10.2 Å². The predicted molar refractivity (Wildman–Crippen MR) is 111 cm³/mol. The number of hydrogen-bond donors (Lipinski definition) is 0. The smallest absolute Gasteiger partial charge is 0.277 e. The highest BCUT2D eigenvalue weighted by molar-refractivity contribution is 7.99. The minimum Gasteiger partial charge on any atom is -0.467 e. The van der Waals surface area contributed by atoms with Crippen LogP contribution in [0, 0.1) is 6.92 Å². The first-order valence-electron chi connectivity index (χ1n) is 9.74. The van der Waals surface area contributed by atoms with E-state index in [-0.39, 0.29) is 11.7 Å². The van der Waals surface area contributed by atoms with Crippen LogP contribution in [0.2, 0.25) is 0 Å². The molecule has 2 heterocycles. The summed E-state index contributed by atoms with van der Waals surface area (Å²) in [5.74, 6) is 1.48. The first-order chi connectivity index (χ1) is 14.2. The van der Waals surface area contributed by atoms with Crippen molar-refractivity contribution in [3.63, 3.8) is 0 Å². The molecular formula is C22H23N3O3S. The minimum absolute atomic E-state index is 0.00913. The Hall–Kier alpha value is -2.80. The van der Waals surface area contributed by atoms with Gasteiger partial charge in [0.15, 0.2) is 0 Å². The van der Waals surface area contributed by atoms with E-state index in [1.54, 1.807) is 6.26 Å². The number of benzene rings is 1. The Morgan fingerprint density at radius 3 is 2.90 bits per heavy atom. The molecule has 0 aliphatic heterocycles. The number of rotatable bonds is 7. The van der Waals surface area contributed by atoms with Crippen LogP contribution in [-0.4, -0.2) is 26.8 Å². The van der Waals surface area contributed by atoms with Crippen molar-refractivity contribution in [1.29, 1.82) is 0 Å². The molecule has 1 aromatic carbocycles. The predicted octanol–water partition coefficient (Wildman–Crippen LogP) is 5.22. The molecule has 2 aromatic heterocycles. The van der Waals surface area contributed by atoms with Crippen molar-refractivity contribution < 1.29 is 13.6 Å². The van der Waals surface area contributed by atoms with E-state index < -0.39 is 0 Å². The highest BCUT2D eigenvalue weighted by Gasteiger charge is 2.22. The van der Waals surface area contributed by atoms with Crippen molar-refractivity contribution in [1.82, 2.24) is 15.1 Å². The topological polar surface area (TPSA) is 72.4 Å². The highest BCUT2D eigenvalue weighted by Crippen LogP contribution is 2.27. The van der Waals surface area contributed by atoms with Gasteiger partial charge in [-0.1, -0.05) is 35.5 Å². The number of hydrogen-bond acceptors (Lipinski definition) is 6. The standard InChI is InChI=1S/C22H23N3O3S/c1-16-7-5-8-17(13-16)21-23-24-22(28-21)29-15-20(26)25(14-19-11-6-12-27-19)18-9-3-2-4-10-18/h5-9,11-13H,2-4,10,14-15H2,1H3. The molecule has 0 fully saturated rings. The minimum atomic E-state index is 0.00913. The van der Waals surface area contributed by atoms with E-state index in [0.29, 0.717) is 17.7 Å². The Balaban J connectivity index is 1.43. The van der Waals surface area contributed by atoms with Crippen molar-refractivity contribution in [2.75, 3.05) is 5.75 Å². The SMILES string of the molecule is Cc1cccc(-c2nnc(SCC(=O)N(Cc3ccco3)C3=CCCCC3)o2)c1. The van der Waals surface area contributed by atoms with Gasteiger partial charge in [0, 0.05) is 11.3 Å². The molecule has 1 amide bonds. The fourth-order valence-corrected chi connectivity index (χ4v) is 3.98. The van der Waals surface area contributed by atoms with Crippen LogP contribution in [0.1, 0.15) is 37.0 Å². The Morgan fingerprint density at radius 2 is 2.14 bits per heavy atom. The third kappa shape index (κ3) is 4.98. The molecule has 1 aliphatic rings. The van der Waals surface area contributed by atoms with Crippen LogP contribution in [0.25, 0.3) is 11.5 Å². The maximum absolute atomic E-state index is 13.0. The van der Waals surface area contributed by atoms with Gasteiger partial charge in [-0.3, -0.25) is 4.79 Å². The van der Waals surface area contributed by atoms with Crippen LogP contribution in [0.3, 0.4) is 0 Å². The number of amides is 1. The highest BCUT2D eigenvalue weighted by atomic mass is 32.2. The first-order valence-corrected chi connectivity index (χ1v) is 10.7. The van der Waals surface area contributed by atoms with Crippen LogP contribution in [0.4, 0.5) is 0 Å². The van der Waals surface area contributed by atoms with Gasteiger partial charge in [-0.25, -0.2) is 0 Å². The molecule has 0 radical (unpaired) electrons. The second kappa shape index (κ2) is 9.13. The van der Waals surface area contributed by atoms with Gasteiger partial charge in [0.05, 0.1) is 18.6 Å². The van der Waals surface area contributed by atoms with Gasteiger partial charge in [-0.05, 0) is 56.9 Å². The van der Waals surface area contributed by atoms with Gasteiger partial charge in [0.1, 0.15) is 5.76 Å². The lowest BCUT2D eigenvalue weighted by molar-refractivity contribution is -0.127. The molecule has 4 rings (SSSR count). The van der Waals surface area contributed by atoms with Crippen molar-refractivity contribution in [2.24, 2.45) is 0 Å². The summed E-state index contributed by atoms with van der Waals surface area (Å²) >= 11 is 1.26. The average molecular weight is 410 g/mol. The van der Waals surface area contributed by atoms with Crippen LogP contribution < -0.4 is 0 Å². The molecule has 29 heavy (non-hydrogen) atoms. The number of nitrogens with zero attached hydrogens (tertiary/aromatic N) is 3. The number of thioether (sulfide) groups is 1. The lowest BCUT2D eigenvalue weighted by atomic mass is 10.0. The zero-order chi connectivity index (χ0) is 20.1. The summed E-state index contributed by atoms with van der Waals surface area (Å²) in [6.45, 7) is 2.46. The van der Waals surface area contributed by atoms with E-state index in [0.717, 1.165) is 41.8 Å². The summed E-state index contributed by atoms with van der Waals surface area (Å²) in [7, 11) is 0. The molecule has 0 N–H and O–H groups in total. The second-order valence-electron chi connectivity index (χ2n) is 7.03. The van der Waals surface area contributed by atoms with Crippen LogP contribution >= 0.6 is 11.8 Å². The molecule has 0 saturated carbocycles. The fraction of sp³-hybridized carbons (Fsp3) is 0.318. The van der Waals surface area contributed by atoms with Crippen LogP contribution in [0.5, 0.6) is 0 Å². The summed E-state index contributed by atoms with van der Waals surface area (Å²) in [5, 5.41) is 8.59. The number of furan rings is 1. The zero-order valence-electron chi connectivity index (χ0n) is 16.3. The molecule has 150 valence electrons. The quantitative estimate of drug-likeness (QED) is 0.498. The monoisotopic (exact) mass is 409 g/mol. The average Bonchev–Trinajstić information content (AvgIpc) is 3.43. The number of allylic oxidation sites excluding steroid dienone is 2. The Morgan fingerprint density at radius 1 is 1.21 bits per heavy atom. The van der Waals surface area contributed by atoms with Gasteiger partial charge in [0.25, 0.3) is 5.22 Å². The maximum atomic E-state index is 13.0. The molecule has 6 nitrogen and oxygen atoms in total. The van der Waals surface area contributed by atoms with Crippen molar-refractivity contribution >= 4 is 17.7 Å². The van der Waals surface area contributed by atoms with E-state index in [4.69, 9.17) is 8.83 Å². The number of carbonyl (C=O) groups excluding carboxylic acids is 1. The van der Waals surface area contributed by atoms with E-state index in [2.05, 4.69) is 16.3 Å². The third-order valence-corrected chi connectivity index (χ3v) is 5.60. The van der Waals surface area contributed by atoms with E-state index >= 15 is 0 Å². The normalized spacial score (nSPS) is 13.9. The fourth-order valence-electron chi connectivity index (χ4n) is 3.34. The molecule has 1 aliphatic carbocycles. The molecule has 0 saturated heterocycles. The van der Waals surface area contributed by atoms with Crippen molar-refractivity contribution in [3.05, 3.63) is 65.8 Å². The van der Waals surface area contributed by atoms with Crippen LogP contribution in [-0.2, 0) is 11.3 Å². The molecular weight excluding hydrogens is 386 g/mol. The van der Waals surface area contributed by atoms with Gasteiger partial charge in [0.2, 0.25) is 11.8 Å². The maximum Gasteiger partial charge on any atom is 0.277 e. The summed E-state index contributed by atoms with van der Waals surface area (Å²) < 4.78 is 11.2. The van der Waals surface area contributed by atoms with Crippen LogP contribution in [0.15, 0.2) is 68.5 Å². The van der Waals surface area contributed by atoms with Gasteiger partial charge >= 0.3 is 0 Å². The van der Waals surface area contributed by atoms with Gasteiger partial charge in [-0.2, -0.15) is 0 Å². The number of aryl methyl sites for hydroxylation is 1. The molecule has 0 unspecified atom stereocenters. The number of aromatic nitrogens is 2. The molecule has 0 atom stereocenters. The van der Waals surface area contributed by atoms with E-state index in [9.17, 15) is 4.79 Å². The largest absolute Gasteiger partial charge is 0.467 e. The number of carbonyl (C=O) groups is 1. The van der Waals surface area contributed by atoms with Crippen molar-refractivity contribution in [3.8, 4) is 11.5 Å². The molecule has 7 heteroatoms. The molecule has 3 aromatic rings. The summed E-state index contributed by atoms with van der Waals surface area (Å²) in [6.07, 6.45) is 7.99. The van der Waals surface area contributed by atoms with E-state index in [1.165, 1.54) is 18.2 Å². The third-order valence-electron chi connectivity index (χ3n) is 4.80. The summed E-state index contributed by atoms with van der Waals surface area (Å²) in [6, 6.07) is 11.6. The lowest BCUT2D eigenvalue weighted by Crippen LogP contribution is -2.32. The first kappa shape index (κ1) is 19.5. The molecule has 0 spiro atoms. The zero-order valence-corrected chi connectivity index (χ0v) is 17.2. The summed E-state index contributed by atoms with van der Waals surface area (Å²) in [4.78, 5) is 14.8.